The number of hydrogen-bond acceptors (Lipinski definition) is 6. The van der Waals surface area contributed by atoms with Crippen molar-refractivity contribution in [2.75, 3.05) is 13.6 Å². The molecular weight excluding hydrogens is 630 g/mol. The topological polar surface area (TPSA) is 87.7 Å². The van der Waals surface area contributed by atoms with E-state index >= 15 is 0 Å². The number of ether oxygens (including phenoxy) is 1. The van der Waals surface area contributed by atoms with Crippen LogP contribution in [0.2, 0.25) is 0 Å². The van der Waals surface area contributed by atoms with Crippen molar-refractivity contribution < 1.29 is 66.3 Å². The quantitative estimate of drug-likeness (QED) is 0.128. The minimum absolute atomic E-state index is 0. The van der Waals surface area contributed by atoms with Crippen molar-refractivity contribution in [3.8, 4) is 0 Å². The first-order valence-electron chi connectivity index (χ1n) is 7.77. The monoisotopic (exact) mass is 657 g/mol. The second-order valence-electron chi connectivity index (χ2n) is 7.88. The van der Waals surface area contributed by atoms with Crippen LogP contribution in [0, 0.1) is 0 Å². The molecule has 7 nitrogen and oxygen atoms in total. The normalized spacial score (nSPS) is 10.9. The van der Waals surface area contributed by atoms with Crippen LogP contribution < -0.4 is 35.4 Å². The number of halogens is 2. The summed E-state index contributed by atoms with van der Waals surface area (Å²) in [6.45, 7) is 11.3. The number of carbonyl (C=O) groups is 3. The maximum absolute atomic E-state index is 12.5. The van der Waals surface area contributed by atoms with Crippen molar-refractivity contribution >= 4 is 47.0 Å². The molecule has 0 spiro atoms. The molecule has 0 unspecified atom stereocenters. The second kappa shape index (κ2) is 13.2. The van der Waals surface area contributed by atoms with Crippen molar-refractivity contribution in [1.29, 1.82) is 0 Å². The Kier molecular flexibility index (Phi) is 16.6. The van der Waals surface area contributed by atoms with Gasteiger partial charge in [0.15, 0.2) is 0 Å². The van der Waals surface area contributed by atoms with Crippen molar-refractivity contribution in [1.82, 2.24) is 15.5 Å². The van der Waals surface area contributed by atoms with Crippen LogP contribution in [0.4, 0.5) is 0 Å². The standard InChI is InChI=1S/C16H29N3O4S2.Au.2ClH/c1-14(2,3)23-12(22)16(6,7)18-11(21)15(4,5)17-10(20)9-19(8)13(24)25;;;/h9H2,1-8H3,(H,17,20)(H,18,21)(H,24,25);;2*1H/q;+3;;/p-3. The molecule has 0 heterocycles. The molecular formula is C16H28AuCl2N3O4S2. The van der Waals surface area contributed by atoms with Crippen LogP contribution in [0.25, 0.3) is 0 Å². The van der Waals surface area contributed by atoms with Gasteiger partial charge in [0.25, 0.3) is 0 Å². The summed E-state index contributed by atoms with van der Waals surface area (Å²) in [6, 6.07) is 0. The summed E-state index contributed by atoms with van der Waals surface area (Å²) in [6.07, 6.45) is 0. The first-order valence-corrected chi connectivity index (χ1v) is 8.59. The first kappa shape index (κ1) is 35.3. The van der Waals surface area contributed by atoms with Gasteiger partial charge in [-0.25, -0.2) is 4.79 Å². The van der Waals surface area contributed by atoms with E-state index in [9.17, 15) is 14.4 Å². The number of esters is 1. The molecule has 0 bridgehead atoms. The second-order valence-corrected chi connectivity index (χ2v) is 8.91. The van der Waals surface area contributed by atoms with E-state index in [0.29, 0.717) is 0 Å². The van der Waals surface area contributed by atoms with E-state index in [4.69, 9.17) is 29.6 Å². The Morgan fingerprint density at radius 3 is 1.75 bits per heavy atom. The van der Waals surface area contributed by atoms with Gasteiger partial charge in [0.05, 0.1) is 6.54 Å². The van der Waals surface area contributed by atoms with Crippen molar-refractivity contribution in [2.24, 2.45) is 0 Å². The Hall–Kier alpha value is -0.160. The zero-order valence-corrected chi connectivity index (χ0v) is 22.5. The molecule has 0 fully saturated rings. The van der Waals surface area contributed by atoms with E-state index in [1.807, 2.05) is 0 Å². The molecule has 0 aromatic rings. The molecule has 0 aromatic carbocycles. The minimum atomic E-state index is -1.24. The van der Waals surface area contributed by atoms with E-state index in [1.165, 1.54) is 18.7 Å². The SMILES string of the molecule is CN(CC(=O)NC(C)(C)C(=O)NC(C)(C)C(=O)OC(C)(C)C)C(=S)[S-].[Au+3].[Cl-].[Cl-]. The zero-order chi connectivity index (χ0) is 20.2. The third kappa shape index (κ3) is 13.1. The van der Waals surface area contributed by atoms with Gasteiger partial charge in [0, 0.05) is 7.05 Å². The fourth-order valence-corrected chi connectivity index (χ4v) is 1.75. The van der Waals surface area contributed by atoms with Crippen molar-refractivity contribution in [3.63, 3.8) is 0 Å². The van der Waals surface area contributed by atoms with Crippen LogP contribution in [-0.4, -0.2) is 57.3 Å². The molecule has 0 atom stereocenters. The maximum Gasteiger partial charge on any atom is 3.00 e. The summed E-state index contributed by atoms with van der Waals surface area (Å²) in [4.78, 5) is 38.2. The van der Waals surface area contributed by atoms with Crippen molar-refractivity contribution in [2.45, 2.75) is 65.1 Å². The average Bonchev–Trinajstić information content (AvgIpc) is 2.34. The van der Waals surface area contributed by atoms with Crippen LogP contribution in [0.15, 0.2) is 0 Å². The molecule has 28 heavy (non-hydrogen) atoms. The predicted octanol–water partition coefficient (Wildman–Crippen LogP) is -5.11. The number of rotatable bonds is 6. The molecule has 12 heteroatoms. The van der Waals surface area contributed by atoms with E-state index < -0.39 is 34.5 Å². The van der Waals surface area contributed by atoms with Gasteiger partial charge in [-0.1, -0.05) is 4.32 Å². The number of hydrogen-bond donors (Lipinski definition) is 2. The summed E-state index contributed by atoms with van der Waals surface area (Å²) in [5.74, 6) is -1.49. The maximum atomic E-state index is 12.5. The smallest absolute Gasteiger partial charge is 1.00 e. The molecule has 0 saturated heterocycles. The van der Waals surface area contributed by atoms with Gasteiger partial charge in [-0.05, 0) is 48.5 Å². The van der Waals surface area contributed by atoms with Crippen LogP contribution in [0.1, 0.15) is 48.5 Å². The number of carbonyl (C=O) groups excluding carboxylic acids is 3. The van der Waals surface area contributed by atoms with Crippen LogP contribution in [0.5, 0.6) is 0 Å². The first-order chi connectivity index (χ1) is 11.0. The van der Waals surface area contributed by atoms with Crippen molar-refractivity contribution in [3.05, 3.63) is 0 Å². The fraction of sp³-hybridized carbons (Fsp3) is 0.750. The minimum Gasteiger partial charge on any atom is -1.00 e. The van der Waals surface area contributed by atoms with Crippen LogP contribution in [0.3, 0.4) is 0 Å². The largest absolute Gasteiger partial charge is 3.00 e. The molecule has 168 valence electrons. The third-order valence-corrected chi connectivity index (χ3v) is 3.67. The zero-order valence-electron chi connectivity index (χ0n) is 17.2. The van der Waals surface area contributed by atoms with Gasteiger partial charge < -0.3 is 69.9 Å². The fourth-order valence-electron chi connectivity index (χ4n) is 1.62. The molecule has 0 aliphatic rings. The van der Waals surface area contributed by atoms with Gasteiger partial charge >= 0.3 is 28.3 Å². The number of nitrogens with zero attached hydrogens (tertiary/aromatic N) is 1. The van der Waals surface area contributed by atoms with Gasteiger partial charge in [-0.3, -0.25) is 9.59 Å². The number of thiocarbonyl (C=S) groups is 1. The molecule has 2 N–H and O–H groups in total. The molecule has 0 radical (unpaired) electrons. The molecule has 0 aliphatic carbocycles. The van der Waals surface area contributed by atoms with Gasteiger partial charge in [0.1, 0.15) is 16.7 Å². The molecule has 0 saturated carbocycles. The summed E-state index contributed by atoms with van der Waals surface area (Å²) in [5.41, 5.74) is -3.15. The molecule has 2 amide bonds. The van der Waals surface area contributed by atoms with E-state index in [1.54, 1.807) is 41.7 Å². The van der Waals surface area contributed by atoms with Crippen LogP contribution in [-0.2, 0) is 54.1 Å². The molecule has 0 rings (SSSR count). The van der Waals surface area contributed by atoms with Gasteiger partial charge in [-0.2, -0.15) is 0 Å². The number of nitrogens with one attached hydrogen (secondary N) is 2. The number of likely N-dealkylation sites (N-methyl/N-ethyl adjacent to an activating group) is 1. The Morgan fingerprint density at radius 1 is 0.964 bits per heavy atom. The van der Waals surface area contributed by atoms with E-state index in [0.717, 1.165) is 0 Å². The van der Waals surface area contributed by atoms with Crippen LogP contribution >= 0.6 is 12.2 Å². The van der Waals surface area contributed by atoms with E-state index in [2.05, 4.69) is 10.6 Å². The average molecular weight is 658 g/mol. The molecule has 0 aromatic heterocycles. The Morgan fingerprint density at radius 2 is 1.39 bits per heavy atom. The summed E-state index contributed by atoms with van der Waals surface area (Å²) in [7, 11) is 1.59. The molecule has 0 aliphatic heterocycles. The Balaban J connectivity index is -0.000000960. The summed E-state index contributed by atoms with van der Waals surface area (Å²) < 4.78 is 5.46. The third-order valence-electron chi connectivity index (χ3n) is 3.05. The number of amides is 2. The summed E-state index contributed by atoms with van der Waals surface area (Å²) in [5, 5.41) is 5.21. The summed E-state index contributed by atoms with van der Waals surface area (Å²) >= 11 is 9.61. The Labute approximate surface area is 206 Å². The van der Waals surface area contributed by atoms with Gasteiger partial charge in [0.2, 0.25) is 11.8 Å². The van der Waals surface area contributed by atoms with E-state index in [-0.39, 0.29) is 58.1 Å². The predicted molar refractivity (Wildman–Crippen MR) is 103 cm³/mol. The van der Waals surface area contributed by atoms with Gasteiger partial charge in [-0.15, -0.1) is 0 Å². The Bertz CT molecular complexity index is 571.